The van der Waals surface area contributed by atoms with E-state index in [0.717, 1.165) is 0 Å². The first-order valence-electron chi connectivity index (χ1n) is 4.76. The Morgan fingerprint density at radius 2 is 2.17 bits per heavy atom. The van der Waals surface area contributed by atoms with Crippen LogP contribution in [0.15, 0.2) is 11.8 Å². The van der Waals surface area contributed by atoms with Crippen LogP contribution in [0.25, 0.3) is 0 Å². The van der Waals surface area contributed by atoms with E-state index < -0.39 is 0 Å². The summed E-state index contributed by atoms with van der Waals surface area (Å²) in [6.07, 6.45) is 9.13. The van der Waals surface area contributed by atoms with E-state index in [1.165, 1.54) is 45.2 Å². The third-order valence-corrected chi connectivity index (χ3v) is 2.62. The zero-order valence-corrected chi connectivity index (χ0v) is 7.47. The summed E-state index contributed by atoms with van der Waals surface area (Å²) in [6, 6.07) is 0. The highest BCUT2D eigenvalue weighted by Crippen LogP contribution is 2.07. The molecule has 3 N–H and O–H groups in total. The Morgan fingerprint density at radius 3 is 3.08 bits per heavy atom. The molecule has 2 aliphatic heterocycles. The molecule has 0 spiro atoms. The Balaban J connectivity index is 0.000000720. The van der Waals surface area contributed by atoms with E-state index in [2.05, 4.69) is 11.5 Å². The highest BCUT2D eigenvalue weighted by atomic mass is 16.0. The van der Waals surface area contributed by atoms with Gasteiger partial charge in [-0.05, 0) is 25.3 Å². The van der Waals surface area contributed by atoms with Crippen LogP contribution in [0, 0.1) is 0 Å². The zero-order chi connectivity index (χ0) is 7.52. The standard InChI is InChI=1S/C9H16N2.H2O/c1-3-7-10-11-8-4-2-6-9(11)5-1;/h6,10H,1-5,7-8H2;1H2. The number of nitrogens with one attached hydrogen (secondary N) is 2. The van der Waals surface area contributed by atoms with E-state index in [0.29, 0.717) is 0 Å². The first-order chi connectivity index (χ1) is 5.47. The SMILES string of the molecule is C1=C2CCCCN[NH+]2CCC1.[OH-]. The zero-order valence-electron chi connectivity index (χ0n) is 7.47. The van der Waals surface area contributed by atoms with Crippen molar-refractivity contribution in [3.63, 3.8) is 0 Å². The van der Waals surface area contributed by atoms with Crippen molar-refractivity contribution in [1.82, 2.24) is 5.43 Å². The third kappa shape index (κ3) is 2.06. The van der Waals surface area contributed by atoms with Gasteiger partial charge in [-0.2, -0.15) is 5.43 Å². The fourth-order valence-electron chi connectivity index (χ4n) is 1.97. The first-order valence-corrected chi connectivity index (χ1v) is 4.76. The van der Waals surface area contributed by atoms with Gasteiger partial charge < -0.3 is 5.48 Å². The molecule has 0 aliphatic carbocycles. The molecule has 3 heteroatoms. The minimum atomic E-state index is 0. The molecule has 1 unspecified atom stereocenters. The highest BCUT2D eigenvalue weighted by Gasteiger charge is 2.20. The fourth-order valence-corrected chi connectivity index (χ4v) is 1.97. The van der Waals surface area contributed by atoms with Gasteiger partial charge in [0.05, 0.1) is 6.54 Å². The molecular weight excluding hydrogens is 152 g/mol. The smallest absolute Gasteiger partial charge is 0.122 e. The molecule has 2 heterocycles. The monoisotopic (exact) mass is 170 g/mol. The minimum absolute atomic E-state index is 0. The molecule has 2 aliphatic rings. The molecule has 70 valence electrons. The van der Waals surface area contributed by atoms with Gasteiger partial charge in [0.15, 0.2) is 0 Å². The van der Waals surface area contributed by atoms with Crippen LogP contribution < -0.4 is 10.4 Å². The molecule has 0 radical (unpaired) electrons. The molecule has 0 bridgehead atoms. The maximum absolute atomic E-state index is 3.53. The van der Waals surface area contributed by atoms with Gasteiger partial charge in [0.1, 0.15) is 5.70 Å². The summed E-state index contributed by atoms with van der Waals surface area (Å²) in [4.78, 5) is 0. The molecule has 0 aromatic rings. The lowest BCUT2D eigenvalue weighted by Gasteiger charge is -2.22. The molecule has 0 aromatic carbocycles. The molecule has 0 saturated carbocycles. The highest BCUT2D eigenvalue weighted by molar-refractivity contribution is 4.93. The number of rotatable bonds is 0. The van der Waals surface area contributed by atoms with Crippen LogP contribution in [0.1, 0.15) is 32.1 Å². The summed E-state index contributed by atoms with van der Waals surface area (Å²) in [7, 11) is 0. The normalized spacial score (nSPS) is 29.3. The van der Waals surface area contributed by atoms with Gasteiger partial charge in [-0.25, -0.2) is 5.01 Å². The van der Waals surface area contributed by atoms with E-state index in [4.69, 9.17) is 0 Å². The van der Waals surface area contributed by atoms with Gasteiger partial charge in [0.25, 0.3) is 0 Å². The lowest BCUT2D eigenvalue weighted by atomic mass is 10.1. The molecule has 1 fully saturated rings. The van der Waals surface area contributed by atoms with Crippen molar-refractivity contribution in [3.05, 3.63) is 11.8 Å². The van der Waals surface area contributed by atoms with Gasteiger partial charge in [0.2, 0.25) is 0 Å². The summed E-state index contributed by atoms with van der Waals surface area (Å²) in [5.41, 5.74) is 5.15. The van der Waals surface area contributed by atoms with E-state index in [1.807, 2.05) is 0 Å². The predicted molar refractivity (Wildman–Crippen MR) is 46.9 cm³/mol. The van der Waals surface area contributed by atoms with E-state index >= 15 is 0 Å². The van der Waals surface area contributed by atoms with E-state index in [1.54, 1.807) is 10.7 Å². The van der Waals surface area contributed by atoms with E-state index in [9.17, 15) is 0 Å². The first kappa shape index (κ1) is 9.71. The number of hydrogen-bond acceptors (Lipinski definition) is 2. The Bertz CT molecular complexity index is 168. The Hall–Kier alpha value is -0.380. The summed E-state index contributed by atoms with van der Waals surface area (Å²) in [5, 5.41) is 1.55. The van der Waals surface area contributed by atoms with Crippen molar-refractivity contribution in [1.29, 1.82) is 0 Å². The van der Waals surface area contributed by atoms with Crippen LogP contribution in [0.2, 0.25) is 0 Å². The van der Waals surface area contributed by atoms with Gasteiger partial charge in [-0.3, -0.25) is 0 Å². The topological polar surface area (TPSA) is 46.5 Å². The van der Waals surface area contributed by atoms with Crippen molar-refractivity contribution in [2.75, 3.05) is 13.1 Å². The number of quaternary nitrogens is 1. The molecule has 1 saturated heterocycles. The summed E-state index contributed by atoms with van der Waals surface area (Å²) in [5.74, 6) is 0. The van der Waals surface area contributed by atoms with Crippen LogP contribution in [0.4, 0.5) is 0 Å². The summed E-state index contributed by atoms with van der Waals surface area (Å²) < 4.78 is 0. The molecule has 0 amide bonds. The molecule has 12 heavy (non-hydrogen) atoms. The lowest BCUT2D eigenvalue weighted by Crippen LogP contribution is -3.17. The van der Waals surface area contributed by atoms with Crippen molar-refractivity contribution in [3.8, 4) is 0 Å². The second kappa shape index (κ2) is 4.60. The Labute approximate surface area is 73.7 Å². The van der Waals surface area contributed by atoms with Crippen LogP contribution in [0.3, 0.4) is 0 Å². The Kier molecular flexibility index (Phi) is 3.72. The Morgan fingerprint density at radius 1 is 1.25 bits per heavy atom. The third-order valence-electron chi connectivity index (χ3n) is 2.62. The molecule has 1 atom stereocenters. The van der Waals surface area contributed by atoms with Gasteiger partial charge in [-0.1, -0.05) is 0 Å². The average molecular weight is 170 g/mol. The summed E-state index contributed by atoms with van der Waals surface area (Å²) in [6.45, 7) is 2.50. The lowest BCUT2D eigenvalue weighted by molar-refractivity contribution is -0.910. The van der Waals surface area contributed by atoms with E-state index in [-0.39, 0.29) is 5.48 Å². The average Bonchev–Trinajstić information content (AvgIpc) is 2.28. The predicted octanol–water partition coefficient (Wildman–Crippen LogP) is 0.0607. The van der Waals surface area contributed by atoms with Crippen molar-refractivity contribution >= 4 is 0 Å². The minimum Gasteiger partial charge on any atom is -0.870 e. The fraction of sp³-hybridized carbons (Fsp3) is 0.778. The second-order valence-corrected chi connectivity index (χ2v) is 3.48. The van der Waals surface area contributed by atoms with Crippen LogP contribution >= 0.6 is 0 Å². The van der Waals surface area contributed by atoms with Gasteiger partial charge >= 0.3 is 0 Å². The van der Waals surface area contributed by atoms with Crippen LogP contribution in [0.5, 0.6) is 0 Å². The number of fused-ring (bicyclic) bond motifs is 1. The van der Waals surface area contributed by atoms with Gasteiger partial charge in [-0.15, -0.1) is 0 Å². The van der Waals surface area contributed by atoms with Crippen LogP contribution in [-0.4, -0.2) is 18.6 Å². The van der Waals surface area contributed by atoms with Crippen molar-refractivity contribution in [2.45, 2.75) is 32.1 Å². The largest absolute Gasteiger partial charge is 0.870 e. The molecule has 3 nitrogen and oxygen atoms in total. The van der Waals surface area contributed by atoms with Crippen LogP contribution in [-0.2, 0) is 0 Å². The molecule has 0 aromatic heterocycles. The van der Waals surface area contributed by atoms with Gasteiger partial charge in [0, 0.05) is 19.4 Å². The summed E-state index contributed by atoms with van der Waals surface area (Å²) >= 11 is 0. The van der Waals surface area contributed by atoms with Crippen molar-refractivity contribution in [2.24, 2.45) is 0 Å². The quantitative estimate of drug-likeness (QED) is 0.540. The maximum Gasteiger partial charge on any atom is 0.122 e. The number of hydrogen-bond donors (Lipinski definition) is 2. The molecular formula is C9H18N2O. The number of allylic oxidation sites excluding steroid dienone is 2. The second-order valence-electron chi connectivity index (χ2n) is 3.48. The maximum atomic E-state index is 3.53. The molecule has 2 rings (SSSR count). The van der Waals surface area contributed by atoms with Crippen molar-refractivity contribution < 1.29 is 10.5 Å².